The predicted octanol–water partition coefficient (Wildman–Crippen LogP) is 3.18. The molecule has 0 aromatic carbocycles. The van der Waals surface area contributed by atoms with Gasteiger partial charge in [0.25, 0.3) is 0 Å². The Labute approximate surface area is 119 Å². The Hall–Kier alpha value is -0.120. The number of rotatable bonds is 9. The molecule has 2 N–H and O–H groups in total. The van der Waals surface area contributed by atoms with Gasteiger partial charge in [-0.25, -0.2) is 0 Å². The van der Waals surface area contributed by atoms with Crippen LogP contribution in [0.5, 0.6) is 0 Å². The van der Waals surface area contributed by atoms with Crippen molar-refractivity contribution in [2.45, 2.75) is 70.3 Å². The van der Waals surface area contributed by atoms with E-state index in [-0.39, 0.29) is 0 Å². The monoisotopic (exact) mass is 270 g/mol. The third kappa shape index (κ3) is 5.41. The number of methoxy groups -OCH3 is 1. The highest BCUT2D eigenvalue weighted by atomic mass is 16.5. The Bertz CT molecular complexity index is 213. The number of hydrogen-bond donors (Lipinski definition) is 1. The van der Waals surface area contributed by atoms with E-state index in [2.05, 4.69) is 11.8 Å². The van der Waals surface area contributed by atoms with Crippen molar-refractivity contribution in [3.05, 3.63) is 0 Å². The first kappa shape index (κ1) is 16.9. The maximum Gasteiger partial charge on any atom is 0.0462 e. The Balaban J connectivity index is 2.57. The first-order valence-electron chi connectivity index (χ1n) is 8.23. The molecule has 0 saturated heterocycles. The Morgan fingerprint density at radius 1 is 1.05 bits per heavy atom. The average Bonchev–Trinajstić information content (AvgIpc) is 2.68. The van der Waals surface area contributed by atoms with E-state index in [1.165, 1.54) is 64.5 Å². The van der Waals surface area contributed by atoms with Gasteiger partial charge in [-0.2, -0.15) is 0 Å². The molecule has 0 heterocycles. The highest BCUT2D eigenvalue weighted by Gasteiger charge is 2.34. The summed E-state index contributed by atoms with van der Waals surface area (Å²) in [6.45, 7) is 6.38. The molecule has 0 amide bonds. The van der Waals surface area contributed by atoms with Gasteiger partial charge in [0.1, 0.15) is 0 Å². The van der Waals surface area contributed by atoms with Gasteiger partial charge in [-0.3, -0.25) is 4.90 Å². The summed E-state index contributed by atoms with van der Waals surface area (Å²) in [5, 5.41) is 0. The van der Waals surface area contributed by atoms with Crippen LogP contribution in [0.15, 0.2) is 0 Å². The number of nitrogens with zero attached hydrogens (tertiary/aromatic N) is 1. The third-order valence-corrected chi connectivity index (χ3v) is 4.61. The van der Waals surface area contributed by atoms with Crippen molar-refractivity contribution in [2.75, 3.05) is 33.4 Å². The van der Waals surface area contributed by atoms with Crippen LogP contribution in [0.1, 0.15) is 64.7 Å². The van der Waals surface area contributed by atoms with Crippen LogP contribution >= 0.6 is 0 Å². The second kappa shape index (κ2) is 9.73. The van der Waals surface area contributed by atoms with Crippen LogP contribution in [0.25, 0.3) is 0 Å². The van der Waals surface area contributed by atoms with Gasteiger partial charge in [0, 0.05) is 25.8 Å². The number of nitrogens with two attached hydrogens (primary N) is 1. The number of unbranched alkanes of at least 4 members (excludes halogenated alkanes) is 1. The van der Waals surface area contributed by atoms with Crippen molar-refractivity contribution >= 4 is 0 Å². The Morgan fingerprint density at radius 2 is 1.74 bits per heavy atom. The minimum absolute atomic E-state index is 0.291. The fraction of sp³-hybridized carbons (Fsp3) is 1.00. The lowest BCUT2D eigenvalue weighted by molar-refractivity contribution is 0.0726. The van der Waals surface area contributed by atoms with Crippen LogP contribution in [0.4, 0.5) is 0 Å². The molecule has 3 heteroatoms. The minimum Gasteiger partial charge on any atom is -0.385 e. The summed E-state index contributed by atoms with van der Waals surface area (Å²) in [6.07, 6.45) is 11.7. The largest absolute Gasteiger partial charge is 0.385 e. The molecule has 3 nitrogen and oxygen atoms in total. The first-order chi connectivity index (χ1) is 9.29. The molecule has 0 atom stereocenters. The zero-order valence-electron chi connectivity index (χ0n) is 13.1. The molecule has 1 aliphatic carbocycles. The molecular weight excluding hydrogens is 236 g/mol. The molecule has 1 aliphatic rings. The van der Waals surface area contributed by atoms with Gasteiger partial charge in [-0.1, -0.05) is 32.6 Å². The number of hydrogen-bond acceptors (Lipinski definition) is 3. The zero-order chi connectivity index (χ0) is 14.0. The average molecular weight is 270 g/mol. The lowest BCUT2D eigenvalue weighted by Gasteiger charge is -2.43. The van der Waals surface area contributed by atoms with Crippen LogP contribution < -0.4 is 5.73 Å². The lowest BCUT2D eigenvalue weighted by atomic mass is 9.87. The van der Waals surface area contributed by atoms with Gasteiger partial charge in [0.15, 0.2) is 0 Å². The van der Waals surface area contributed by atoms with E-state index in [0.717, 1.165) is 19.6 Å². The van der Waals surface area contributed by atoms with Gasteiger partial charge in [0.05, 0.1) is 0 Å². The van der Waals surface area contributed by atoms with E-state index >= 15 is 0 Å². The molecule has 0 bridgehead atoms. The molecule has 1 fully saturated rings. The minimum atomic E-state index is 0.291. The normalized spacial score (nSPS) is 19.6. The maximum atomic E-state index is 6.20. The fourth-order valence-corrected chi connectivity index (χ4v) is 3.44. The van der Waals surface area contributed by atoms with E-state index in [1.54, 1.807) is 7.11 Å². The molecule has 19 heavy (non-hydrogen) atoms. The van der Waals surface area contributed by atoms with Crippen molar-refractivity contribution < 1.29 is 4.74 Å². The van der Waals surface area contributed by atoms with Gasteiger partial charge in [0.2, 0.25) is 0 Å². The summed E-state index contributed by atoms with van der Waals surface area (Å²) < 4.78 is 5.16. The molecule has 0 radical (unpaired) electrons. The summed E-state index contributed by atoms with van der Waals surface area (Å²) in [5.74, 6) is 0. The van der Waals surface area contributed by atoms with E-state index in [9.17, 15) is 0 Å². The first-order valence-corrected chi connectivity index (χ1v) is 8.23. The number of ether oxygens (including phenoxy) is 1. The summed E-state index contributed by atoms with van der Waals surface area (Å²) in [6, 6.07) is 0. The van der Waals surface area contributed by atoms with Crippen molar-refractivity contribution in [2.24, 2.45) is 5.73 Å². The van der Waals surface area contributed by atoms with Gasteiger partial charge in [-0.15, -0.1) is 0 Å². The maximum absolute atomic E-state index is 6.20. The summed E-state index contributed by atoms with van der Waals surface area (Å²) >= 11 is 0. The second-order valence-corrected chi connectivity index (χ2v) is 6.03. The van der Waals surface area contributed by atoms with Crippen molar-refractivity contribution in [3.8, 4) is 0 Å². The van der Waals surface area contributed by atoms with Gasteiger partial charge in [-0.05, 0) is 45.2 Å². The molecular formula is C16H34N2O. The van der Waals surface area contributed by atoms with Crippen molar-refractivity contribution in [1.29, 1.82) is 0 Å². The van der Waals surface area contributed by atoms with Crippen LogP contribution in [0, 0.1) is 0 Å². The van der Waals surface area contributed by atoms with E-state index < -0.39 is 0 Å². The highest BCUT2D eigenvalue weighted by Crippen LogP contribution is 2.32. The molecule has 0 unspecified atom stereocenters. The molecule has 1 saturated carbocycles. The quantitative estimate of drug-likeness (QED) is 0.516. The topological polar surface area (TPSA) is 38.5 Å². The summed E-state index contributed by atoms with van der Waals surface area (Å²) in [5.41, 5.74) is 6.49. The third-order valence-electron chi connectivity index (χ3n) is 4.61. The SMILES string of the molecule is CCCN(CCCCOC)C1(CN)CCCCCC1. The standard InChI is InChI=1S/C16H34N2O/c1-3-12-18(13-8-9-14-19-2)16(15-17)10-6-4-5-7-11-16/h3-15,17H2,1-2H3. The van der Waals surface area contributed by atoms with Crippen LogP contribution in [0.3, 0.4) is 0 Å². The zero-order valence-corrected chi connectivity index (χ0v) is 13.1. The van der Waals surface area contributed by atoms with Crippen LogP contribution in [0.2, 0.25) is 0 Å². The Morgan fingerprint density at radius 3 is 2.26 bits per heavy atom. The molecule has 0 aliphatic heterocycles. The second-order valence-electron chi connectivity index (χ2n) is 6.03. The van der Waals surface area contributed by atoms with E-state index in [4.69, 9.17) is 10.5 Å². The highest BCUT2D eigenvalue weighted by molar-refractivity contribution is 4.93. The summed E-state index contributed by atoms with van der Waals surface area (Å²) in [7, 11) is 1.79. The molecule has 0 aromatic heterocycles. The van der Waals surface area contributed by atoms with Crippen molar-refractivity contribution in [1.82, 2.24) is 4.90 Å². The fourth-order valence-electron chi connectivity index (χ4n) is 3.44. The predicted molar refractivity (Wildman–Crippen MR) is 82.5 cm³/mol. The molecule has 0 aromatic rings. The Kier molecular flexibility index (Phi) is 8.67. The molecule has 0 spiro atoms. The van der Waals surface area contributed by atoms with E-state index in [1.807, 2.05) is 0 Å². The smallest absolute Gasteiger partial charge is 0.0462 e. The van der Waals surface area contributed by atoms with Crippen LogP contribution in [-0.4, -0.2) is 43.8 Å². The molecule has 1 rings (SSSR count). The van der Waals surface area contributed by atoms with Crippen molar-refractivity contribution in [3.63, 3.8) is 0 Å². The van der Waals surface area contributed by atoms with Gasteiger partial charge < -0.3 is 10.5 Å². The molecule has 114 valence electrons. The van der Waals surface area contributed by atoms with E-state index in [0.29, 0.717) is 5.54 Å². The van der Waals surface area contributed by atoms with Crippen LogP contribution in [-0.2, 0) is 4.74 Å². The van der Waals surface area contributed by atoms with Gasteiger partial charge >= 0.3 is 0 Å². The summed E-state index contributed by atoms with van der Waals surface area (Å²) in [4.78, 5) is 2.70. The lowest BCUT2D eigenvalue weighted by Crippen LogP contribution is -2.54.